The molecule has 0 spiro atoms. The molecule has 0 aliphatic heterocycles. The second-order valence-corrected chi connectivity index (χ2v) is 8.87. The molecular weight excluding hydrogens is 448 g/mol. The number of para-hydroxylation sites is 1. The number of ether oxygens (including phenoxy) is 2. The van der Waals surface area contributed by atoms with Crippen molar-refractivity contribution in [2.45, 2.75) is 11.3 Å². The van der Waals surface area contributed by atoms with E-state index in [1.165, 1.54) is 33.7 Å². The Balaban J connectivity index is 1.52. The Hall–Kier alpha value is -3.37. The van der Waals surface area contributed by atoms with Crippen LogP contribution >= 0.6 is 23.1 Å². The number of ketones is 1. The molecule has 10 heteroatoms. The summed E-state index contributed by atoms with van der Waals surface area (Å²) in [7, 11) is 0. The van der Waals surface area contributed by atoms with Crippen LogP contribution in [0.1, 0.15) is 12.5 Å². The lowest BCUT2D eigenvalue weighted by Crippen LogP contribution is -2.17. The molecule has 4 rings (SSSR count). The molecule has 0 fully saturated rings. The lowest BCUT2D eigenvalue weighted by molar-refractivity contribution is -0.114. The summed E-state index contributed by atoms with van der Waals surface area (Å²) in [6.45, 7) is 2.68. The van der Waals surface area contributed by atoms with E-state index in [9.17, 15) is 9.59 Å². The minimum atomic E-state index is -0.459. The molecule has 1 aromatic carbocycles. The van der Waals surface area contributed by atoms with Crippen molar-refractivity contribution in [3.05, 3.63) is 75.8 Å². The first-order valence-electron chi connectivity index (χ1n) is 9.83. The smallest absolute Gasteiger partial charge is 0.283 e. The lowest BCUT2D eigenvalue weighted by Gasteiger charge is -2.10. The van der Waals surface area contributed by atoms with E-state index in [4.69, 9.17) is 15.2 Å². The van der Waals surface area contributed by atoms with E-state index in [0.29, 0.717) is 29.5 Å². The average molecular weight is 469 g/mol. The Morgan fingerprint density at radius 2 is 2.00 bits per heavy atom. The number of nitrogens with two attached hydrogens (primary N) is 1. The number of nitrogen functional groups attached to an aromatic ring is 1. The van der Waals surface area contributed by atoms with Gasteiger partial charge in [0.25, 0.3) is 5.56 Å². The number of carbonyl (C=O) groups is 1. The Labute approximate surface area is 192 Å². The molecular formula is C22H20N4O4S2. The maximum atomic E-state index is 12.6. The van der Waals surface area contributed by atoms with Gasteiger partial charge in [-0.1, -0.05) is 47.4 Å². The third kappa shape index (κ3) is 4.92. The van der Waals surface area contributed by atoms with E-state index in [-0.39, 0.29) is 22.9 Å². The summed E-state index contributed by atoms with van der Waals surface area (Å²) in [4.78, 5) is 29.0. The van der Waals surface area contributed by atoms with Crippen LogP contribution in [0.25, 0.3) is 11.0 Å². The van der Waals surface area contributed by atoms with Crippen molar-refractivity contribution in [2.75, 3.05) is 24.7 Å². The van der Waals surface area contributed by atoms with Crippen LogP contribution in [0.4, 0.5) is 5.82 Å². The fourth-order valence-electron chi connectivity index (χ4n) is 2.91. The summed E-state index contributed by atoms with van der Waals surface area (Å²) in [6, 6.07) is 9.58. The number of fused-ring (bicyclic) bond motifs is 1. The molecule has 0 radical (unpaired) electrons. The second-order valence-electron chi connectivity index (χ2n) is 6.57. The van der Waals surface area contributed by atoms with Gasteiger partial charge in [-0.05, 0) is 42.9 Å². The number of nitrogens with zero attached hydrogens (tertiary/aromatic N) is 3. The maximum absolute atomic E-state index is 12.6. The van der Waals surface area contributed by atoms with Crippen molar-refractivity contribution < 1.29 is 14.3 Å². The van der Waals surface area contributed by atoms with Crippen molar-refractivity contribution >= 4 is 45.7 Å². The van der Waals surface area contributed by atoms with E-state index >= 15 is 0 Å². The minimum Gasteiger partial charge on any atom is -0.493 e. The van der Waals surface area contributed by atoms with Gasteiger partial charge in [-0.3, -0.25) is 9.59 Å². The number of hydrogen-bond donors (Lipinski definition) is 1. The fourth-order valence-corrected chi connectivity index (χ4v) is 4.74. The van der Waals surface area contributed by atoms with Gasteiger partial charge in [-0.25, -0.2) is 0 Å². The van der Waals surface area contributed by atoms with E-state index in [0.717, 1.165) is 10.1 Å². The highest BCUT2D eigenvalue weighted by Gasteiger charge is 2.16. The van der Waals surface area contributed by atoms with Gasteiger partial charge < -0.3 is 15.2 Å². The highest BCUT2D eigenvalue weighted by atomic mass is 32.2. The highest BCUT2D eigenvalue weighted by molar-refractivity contribution is 8.01. The average Bonchev–Trinajstić information content (AvgIpc) is 3.20. The number of rotatable bonds is 8. The normalized spacial score (nSPS) is 14.7. The largest absolute Gasteiger partial charge is 0.493 e. The molecule has 2 N–H and O–H groups in total. The summed E-state index contributed by atoms with van der Waals surface area (Å²) >= 11 is 2.79. The molecule has 0 saturated heterocycles. The number of carbonyl (C=O) groups excluding carboxylic acids is 1. The number of benzene rings is 1. The van der Waals surface area contributed by atoms with Crippen LogP contribution in [-0.2, 0) is 9.53 Å². The lowest BCUT2D eigenvalue weighted by atomic mass is 10.0. The first-order valence-corrected chi connectivity index (χ1v) is 11.6. The third-order valence-corrected chi connectivity index (χ3v) is 6.38. The number of hydrogen-bond acceptors (Lipinski definition) is 9. The van der Waals surface area contributed by atoms with Gasteiger partial charge in [0.05, 0.1) is 18.8 Å². The molecule has 164 valence electrons. The number of aromatic nitrogens is 3. The molecule has 0 atom stereocenters. The molecule has 8 nitrogen and oxygen atoms in total. The molecule has 3 aromatic rings. The summed E-state index contributed by atoms with van der Waals surface area (Å²) in [5.74, 6) is 1.68. The van der Waals surface area contributed by atoms with Gasteiger partial charge in [0, 0.05) is 5.75 Å². The first-order chi connectivity index (χ1) is 15.5. The van der Waals surface area contributed by atoms with E-state index in [2.05, 4.69) is 10.1 Å². The summed E-state index contributed by atoms with van der Waals surface area (Å²) in [5.41, 5.74) is 6.61. The molecule has 0 saturated carbocycles. The fraction of sp³-hybridized carbons (Fsp3) is 0.182. The van der Waals surface area contributed by atoms with Gasteiger partial charge in [0.1, 0.15) is 11.6 Å². The monoisotopic (exact) mass is 468 g/mol. The van der Waals surface area contributed by atoms with Gasteiger partial charge >= 0.3 is 0 Å². The minimum absolute atomic E-state index is 0.188. The van der Waals surface area contributed by atoms with Crippen LogP contribution in [0.15, 0.2) is 69.0 Å². The van der Waals surface area contributed by atoms with Crippen LogP contribution in [0.3, 0.4) is 0 Å². The Bertz CT molecular complexity index is 1290. The topological polar surface area (TPSA) is 109 Å². The maximum Gasteiger partial charge on any atom is 0.283 e. The van der Waals surface area contributed by atoms with Gasteiger partial charge in [0.2, 0.25) is 10.7 Å². The van der Waals surface area contributed by atoms with Crippen LogP contribution in [0, 0.1) is 0 Å². The standard InChI is InChI=1S/C22H20N4O4S2/c1-2-29-18-13-14(8-9-17(18)27)12-16-19(23)26-21(24-20(16)28)32-22(25-26)31-11-10-30-15-6-4-3-5-7-15/h3-9,12-13H,2,10-11,23H2,1H3/b14-12-. The van der Waals surface area contributed by atoms with E-state index in [1.807, 2.05) is 30.3 Å². The van der Waals surface area contributed by atoms with Crippen molar-refractivity contribution in [1.82, 2.24) is 14.6 Å². The van der Waals surface area contributed by atoms with Crippen LogP contribution in [0.5, 0.6) is 5.75 Å². The Morgan fingerprint density at radius 3 is 2.78 bits per heavy atom. The van der Waals surface area contributed by atoms with Crippen molar-refractivity contribution in [3.63, 3.8) is 0 Å². The predicted molar refractivity (Wildman–Crippen MR) is 126 cm³/mol. The molecule has 0 unspecified atom stereocenters. The molecule has 1 aliphatic rings. The Kier molecular flexibility index (Phi) is 6.72. The summed E-state index contributed by atoms with van der Waals surface area (Å²) in [6.07, 6.45) is 6.16. The quantitative estimate of drug-likeness (QED) is 0.396. The SMILES string of the molecule is CCOC1=C/C(=C\c2c(N)n3nc(SCCOc4ccccc4)sc3nc2=O)C=CC1=O. The molecule has 2 aromatic heterocycles. The molecule has 1 aliphatic carbocycles. The van der Waals surface area contributed by atoms with Crippen molar-refractivity contribution in [1.29, 1.82) is 0 Å². The van der Waals surface area contributed by atoms with Crippen LogP contribution in [-0.4, -0.2) is 39.3 Å². The van der Waals surface area contributed by atoms with Gasteiger partial charge in [0.15, 0.2) is 10.1 Å². The molecule has 32 heavy (non-hydrogen) atoms. The third-order valence-electron chi connectivity index (χ3n) is 4.37. The number of anilines is 1. The van der Waals surface area contributed by atoms with Crippen molar-refractivity contribution in [3.8, 4) is 5.75 Å². The van der Waals surface area contributed by atoms with Gasteiger partial charge in [-0.15, -0.1) is 5.10 Å². The van der Waals surface area contributed by atoms with Crippen LogP contribution < -0.4 is 16.0 Å². The van der Waals surface area contributed by atoms with Crippen LogP contribution in [0.2, 0.25) is 0 Å². The molecule has 2 heterocycles. The first kappa shape index (κ1) is 21.8. The Morgan fingerprint density at radius 1 is 1.19 bits per heavy atom. The second kappa shape index (κ2) is 9.84. The summed E-state index contributed by atoms with van der Waals surface area (Å²) in [5, 5.41) is 4.48. The van der Waals surface area contributed by atoms with Crippen molar-refractivity contribution in [2.24, 2.45) is 0 Å². The summed E-state index contributed by atoms with van der Waals surface area (Å²) < 4.78 is 13.2. The van der Waals surface area contributed by atoms with Gasteiger partial charge in [-0.2, -0.15) is 9.50 Å². The number of thioether (sulfide) groups is 1. The van der Waals surface area contributed by atoms with E-state index < -0.39 is 5.56 Å². The molecule has 0 amide bonds. The zero-order valence-electron chi connectivity index (χ0n) is 17.2. The molecule has 0 bridgehead atoms. The zero-order valence-corrected chi connectivity index (χ0v) is 18.8. The number of allylic oxidation sites excluding steroid dienone is 4. The highest BCUT2D eigenvalue weighted by Crippen LogP contribution is 2.26. The zero-order chi connectivity index (χ0) is 22.5. The van der Waals surface area contributed by atoms with E-state index in [1.54, 1.807) is 25.2 Å². The predicted octanol–water partition coefficient (Wildman–Crippen LogP) is 3.35.